The molecule has 8 nitrogen and oxygen atoms in total. The van der Waals surface area contributed by atoms with Gasteiger partial charge in [0.1, 0.15) is 5.82 Å². The lowest BCUT2D eigenvalue weighted by atomic mass is 10.2. The van der Waals surface area contributed by atoms with Crippen LogP contribution in [0.5, 0.6) is 0 Å². The number of aromatic nitrogens is 2. The van der Waals surface area contributed by atoms with Crippen LogP contribution in [-0.4, -0.2) is 54.1 Å². The second kappa shape index (κ2) is 8.05. The molecule has 2 amide bonds. The predicted molar refractivity (Wildman–Crippen MR) is 89.9 cm³/mol. The van der Waals surface area contributed by atoms with Crippen LogP contribution in [-0.2, 0) is 9.53 Å². The average molecular weight is 335 g/mol. The first kappa shape index (κ1) is 18.1. The van der Waals surface area contributed by atoms with Crippen molar-refractivity contribution in [2.75, 3.05) is 31.2 Å². The van der Waals surface area contributed by atoms with Gasteiger partial charge in [-0.2, -0.15) is 0 Å². The fourth-order valence-electron chi connectivity index (χ4n) is 2.71. The number of hydrogen-bond donors (Lipinski definition) is 2. The highest BCUT2D eigenvalue weighted by molar-refractivity contribution is 5.89. The van der Waals surface area contributed by atoms with Crippen molar-refractivity contribution in [3.8, 4) is 0 Å². The molecule has 3 N–H and O–H groups in total. The highest BCUT2D eigenvalue weighted by Gasteiger charge is 2.27. The first-order valence-electron chi connectivity index (χ1n) is 8.19. The second-order valence-corrected chi connectivity index (χ2v) is 5.89. The van der Waals surface area contributed by atoms with E-state index in [0.29, 0.717) is 32.0 Å². The number of hydrogen-bond acceptors (Lipinski definition) is 6. The third-order valence-electron chi connectivity index (χ3n) is 4.11. The van der Waals surface area contributed by atoms with E-state index in [2.05, 4.69) is 20.2 Å². The molecule has 0 aliphatic carbocycles. The van der Waals surface area contributed by atoms with E-state index in [1.165, 1.54) is 0 Å². The Balaban J connectivity index is 2.00. The topological polar surface area (TPSA) is 110 Å². The van der Waals surface area contributed by atoms with Gasteiger partial charge in [-0.15, -0.1) is 0 Å². The van der Waals surface area contributed by atoms with Crippen molar-refractivity contribution in [2.24, 2.45) is 5.73 Å². The van der Waals surface area contributed by atoms with Crippen LogP contribution in [0.25, 0.3) is 0 Å². The number of carbonyl (C=O) groups is 2. The summed E-state index contributed by atoms with van der Waals surface area (Å²) in [6.45, 7) is 8.10. The number of carbonyl (C=O) groups excluding carboxylic acids is 2. The lowest BCUT2D eigenvalue weighted by molar-refractivity contribution is -0.122. The van der Waals surface area contributed by atoms with Crippen LogP contribution < -0.4 is 16.0 Å². The first-order valence-corrected chi connectivity index (χ1v) is 8.19. The van der Waals surface area contributed by atoms with Crippen molar-refractivity contribution < 1.29 is 14.3 Å². The van der Waals surface area contributed by atoms with Crippen LogP contribution in [0, 0.1) is 13.8 Å². The number of amides is 2. The van der Waals surface area contributed by atoms with Gasteiger partial charge in [0.2, 0.25) is 11.7 Å². The summed E-state index contributed by atoms with van der Waals surface area (Å²) in [5, 5.41) is 3.01. The third-order valence-corrected chi connectivity index (χ3v) is 4.11. The van der Waals surface area contributed by atoms with Gasteiger partial charge in [0.25, 0.3) is 5.91 Å². The highest BCUT2D eigenvalue weighted by atomic mass is 16.5. The van der Waals surface area contributed by atoms with Gasteiger partial charge in [-0.05, 0) is 27.2 Å². The SMILES string of the molecule is CCOCCC(=O)N[C@@H]1CCN(c2nc(C(N)=O)nc(C)c2C)C1. The van der Waals surface area contributed by atoms with Gasteiger partial charge >= 0.3 is 0 Å². The summed E-state index contributed by atoms with van der Waals surface area (Å²) in [6, 6.07) is 0.0610. The first-order chi connectivity index (χ1) is 11.4. The quantitative estimate of drug-likeness (QED) is 0.694. The zero-order chi connectivity index (χ0) is 17.7. The fraction of sp³-hybridized carbons (Fsp3) is 0.625. The van der Waals surface area contributed by atoms with Gasteiger partial charge in [0.15, 0.2) is 0 Å². The Hall–Kier alpha value is -2.22. The molecule has 0 radical (unpaired) electrons. The number of nitrogens with zero attached hydrogens (tertiary/aromatic N) is 3. The summed E-state index contributed by atoms with van der Waals surface area (Å²) in [5.74, 6) is 0.0858. The zero-order valence-corrected chi connectivity index (χ0v) is 14.5. The van der Waals surface area contributed by atoms with E-state index >= 15 is 0 Å². The third kappa shape index (κ3) is 4.41. The van der Waals surface area contributed by atoms with Crippen LogP contribution in [0.2, 0.25) is 0 Å². The molecule has 0 unspecified atom stereocenters. The number of nitrogens with two attached hydrogens (primary N) is 1. The van der Waals surface area contributed by atoms with Gasteiger partial charge in [-0.1, -0.05) is 0 Å². The van der Waals surface area contributed by atoms with Crippen molar-refractivity contribution in [3.05, 3.63) is 17.1 Å². The monoisotopic (exact) mass is 335 g/mol. The molecule has 1 aliphatic rings. The standard InChI is InChI=1S/C16H25N5O3/c1-4-24-8-6-13(22)19-12-5-7-21(9-12)16-10(2)11(3)18-15(20-16)14(17)23/h12H,4-9H2,1-3H3,(H2,17,23)(H,19,22)/t12-/m1/s1. The summed E-state index contributed by atoms with van der Waals surface area (Å²) in [5.41, 5.74) is 6.95. The fourth-order valence-corrected chi connectivity index (χ4v) is 2.71. The van der Waals surface area contributed by atoms with E-state index in [9.17, 15) is 9.59 Å². The van der Waals surface area contributed by atoms with E-state index < -0.39 is 5.91 Å². The van der Waals surface area contributed by atoms with E-state index in [4.69, 9.17) is 10.5 Å². The maximum atomic E-state index is 11.9. The molecule has 0 aromatic carbocycles. The molecule has 1 fully saturated rings. The van der Waals surface area contributed by atoms with E-state index in [1.54, 1.807) is 0 Å². The van der Waals surface area contributed by atoms with Crippen molar-refractivity contribution in [2.45, 2.75) is 39.7 Å². The molecule has 1 aliphatic heterocycles. The van der Waals surface area contributed by atoms with E-state index in [1.807, 2.05) is 20.8 Å². The molecule has 0 saturated carbocycles. The minimum Gasteiger partial charge on any atom is -0.381 e. The Bertz CT molecular complexity index is 620. The van der Waals surface area contributed by atoms with Gasteiger partial charge in [-0.25, -0.2) is 9.97 Å². The van der Waals surface area contributed by atoms with Crippen molar-refractivity contribution in [3.63, 3.8) is 0 Å². The molecule has 132 valence electrons. The van der Waals surface area contributed by atoms with Gasteiger partial charge < -0.3 is 20.7 Å². The minimum absolute atomic E-state index is 0.0104. The summed E-state index contributed by atoms with van der Waals surface area (Å²) < 4.78 is 5.19. The molecule has 1 aromatic rings. The smallest absolute Gasteiger partial charge is 0.286 e. The van der Waals surface area contributed by atoms with E-state index in [0.717, 1.165) is 24.2 Å². The number of primary amides is 1. The Labute approximate surface area is 141 Å². The molecular weight excluding hydrogens is 310 g/mol. The largest absolute Gasteiger partial charge is 0.381 e. The molecular formula is C16H25N5O3. The van der Waals surface area contributed by atoms with E-state index in [-0.39, 0.29) is 17.8 Å². The molecule has 24 heavy (non-hydrogen) atoms. The van der Waals surface area contributed by atoms with Crippen LogP contribution in [0.15, 0.2) is 0 Å². The van der Waals surface area contributed by atoms with Crippen molar-refractivity contribution in [1.82, 2.24) is 15.3 Å². The van der Waals surface area contributed by atoms with Gasteiger partial charge in [-0.3, -0.25) is 9.59 Å². The second-order valence-electron chi connectivity index (χ2n) is 5.89. The van der Waals surface area contributed by atoms with Gasteiger partial charge in [0.05, 0.1) is 6.61 Å². The summed E-state index contributed by atoms with van der Waals surface area (Å²) >= 11 is 0. The number of nitrogens with one attached hydrogen (secondary N) is 1. The van der Waals surface area contributed by atoms with Crippen LogP contribution in [0.3, 0.4) is 0 Å². The number of ether oxygens (including phenoxy) is 1. The molecule has 0 bridgehead atoms. The Kier molecular flexibility index (Phi) is 6.08. The van der Waals surface area contributed by atoms with Crippen LogP contribution >= 0.6 is 0 Å². The van der Waals surface area contributed by atoms with Crippen molar-refractivity contribution >= 4 is 17.6 Å². The number of aryl methyl sites for hydroxylation is 1. The number of anilines is 1. The molecule has 1 aromatic heterocycles. The maximum Gasteiger partial charge on any atom is 0.286 e. The average Bonchev–Trinajstić information content (AvgIpc) is 2.98. The Morgan fingerprint density at radius 3 is 2.79 bits per heavy atom. The molecule has 8 heteroatoms. The van der Waals surface area contributed by atoms with Crippen molar-refractivity contribution in [1.29, 1.82) is 0 Å². The molecule has 1 atom stereocenters. The zero-order valence-electron chi connectivity index (χ0n) is 14.5. The number of rotatable bonds is 7. The predicted octanol–water partition coefficient (Wildman–Crippen LogP) is 0.314. The molecule has 2 rings (SSSR count). The highest BCUT2D eigenvalue weighted by Crippen LogP contribution is 2.23. The van der Waals surface area contributed by atoms with Crippen LogP contribution in [0.1, 0.15) is 41.6 Å². The van der Waals surface area contributed by atoms with Gasteiger partial charge in [0, 0.05) is 43.4 Å². The summed E-state index contributed by atoms with van der Waals surface area (Å²) in [7, 11) is 0. The van der Waals surface area contributed by atoms with Crippen LogP contribution in [0.4, 0.5) is 5.82 Å². The Morgan fingerprint density at radius 2 is 2.12 bits per heavy atom. The Morgan fingerprint density at radius 1 is 1.38 bits per heavy atom. The lowest BCUT2D eigenvalue weighted by Gasteiger charge is -2.21. The summed E-state index contributed by atoms with van der Waals surface area (Å²) in [4.78, 5) is 33.7. The summed E-state index contributed by atoms with van der Waals surface area (Å²) in [6.07, 6.45) is 1.19. The minimum atomic E-state index is -0.640. The lowest BCUT2D eigenvalue weighted by Crippen LogP contribution is -2.37. The maximum absolute atomic E-state index is 11.9. The molecule has 0 spiro atoms. The molecule has 1 saturated heterocycles. The molecule has 2 heterocycles. The normalized spacial score (nSPS) is 17.1.